The normalized spacial score (nSPS) is 55.8. The number of para-hydroxylation sites is 1. The number of hydrogen-bond acceptors (Lipinski definition) is 4. The molecule has 1 spiro atoms. The van der Waals surface area contributed by atoms with Gasteiger partial charge in [-0.15, -0.1) is 0 Å². The van der Waals surface area contributed by atoms with Gasteiger partial charge in [0.15, 0.2) is 0 Å². The van der Waals surface area contributed by atoms with E-state index in [0.717, 1.165) is 19.3 Å². The first kappa shape index (κ1) is 14.1. The van der Waals surface area contributed by atoms with Crippen LogP contribution >= 0.6 is 0 Å². The van der Waals surface area contributed by atoms with Crippen LogP contribution in [0.25, 0.3) is 0 Å². The zero-order valence-electron chi connectivity index (χ0n) is 14.3. The van der Waals surface area contributed by atoms with Crippen molar-refractivity contribution in [1.29, 1.82) is 0 Å². The SMILES string of the molecule is CC[C@@H]1[C@H]2C[C@H]3[C@@H]4N(C)c5ccccc5[C@@]45C[C@@H]([C@@H]2[C@@H]5O)N3[C@@H]1O. The summed E-state index contributed by atoms with van der Waals surface area (Å²) in [6, 6.07) is 9.70. The Morgan fingerprint density at radius 2 is 2.00 bits per heavy atom. The molecule has 7 rings (SSSR count). The Labute approximate surface area is 143 Å². The molecule has 4 nitrogen and oxygen atoms in total. The average molecular weight is 326 g/mol. The molecule has 4 saturated heterocycles. The number of hydrogen-bond donors (Lipinski definition) is 2. The average Bonchev–Trinajstić information content (AvgIpc) is 2.97. The fourth-order valence-corrected chi connectivity index (χ4v) is 7.88. The van der Waals surface area contributed by atoms with Crippen molar-refractivity contribution in [3.63, 3.8) is 0 Å². The van der Waals surface area contributed by atoms with E-state index in [9.17, 15) is 10.2 Å². The first-order chi connectivity index (χ1) is 11.6. The summed E-state index contributed by atoms with van der Waals surface area (Å²) in [5.41, 5.74) is 2.51. The van der Waals surface area contributed by atoms with Crippen molar-refractivity contribution in [2.24, 2.45) is 17.8 Å². The molecular formula is C20H26N2O2. The summed E-state index contributed by atoms with van der Waals surface area (Å²) in [7, 11) is 2.19. The molecule has 6 aliphatic rings. The van der Waals surface area contributed by atoms with Crippen LogP contribution in [0.2, 0.25) is 0 Å². The van der Waals surface area contributed by atoms with Crippen molar-refractivity contribution in [2.75, 3.05) is 11.9 Å². The number of rotatable bonds is 1. The monoisotopic (exact) mass is 326 g/mol. The van der Waals surface area contributed by atoms with Gasteiger partial charge in [-0.05, 0) is 36.8 Å². The van der Waals surface area contributed by atoms with Gasteiger partial charge in [-0.3, -0.25) is 4.90 Å². The Morgan fingerprint density at radius 3 is 2.79 bits per heavy atom. The second kappa shape index (κ2) is 4.17. The highest BCUT2D eigenvalue weighted by molar-refractivity contribution is 5.67. The van der Waals surface area contributed by atoms with Gasteiger partial charge in [0.25, 0.3) is 0 Å². The van der Waals surface area contributed by atoms with Gasteiger partial charge in [0.05, 0.1) is 12.1 Å². The number of benzene rings is 1. The molecule has 5 heterocycles. The molecule has 1 unspecified atom stereocenters. The van der Waals surface area contributed by atoms with Gasteiger partial charge in [0.2, 0.25) is 0 Å². The third-order valence-corrected chi connectivity index (χ3v) is 8.46. The van der Waals surface area contributed by atoms with Crippen LogP contribution in [0.15, 0.2) is 24.3 Å². The van der Waals surface area contributed by atoms with E-state index in [1.165, 1.54) is 11.3 Å². The summed E-state index contributed by atoms with van der Waals surface area (Å²) >= 11 is 0. The molecular weight excluding hydrogens is 300 g/mol. The van der Waals surface area contributed by atoms with Crippen LogP contribution in [0, 0.1) is 17.8 Å². The van der Waals surface area contributed by atoms with E-state index < -0.39 is 0 Å². The maximum atomic E-state index is 11.6. The van der Waals surface area contributed by atoms with Gasteiger partial charge in [-0.2, -0.15) is 0 Å². The number of piperidine rings is 4. The van der Waals surface area contributed by atoms with E-state index in [2.05, 4.69) is 48.0 Å². The largest absolute Gasteiger partial charge is 0.392 e. The minimum atomic E-state index is -0.319. The summed E-state index contributed by atoms with van der Waals surface area (Å²) in [4.78, 5) is 4.83. The van der Waals surface area contributed by atoms with E-state index in [-0.39, 0.29) is 17.7 Å². The van der Waals surface area contributed by atoms with E-state index in [0.29, 0.717) is 35.9 Å². The highest BCUT2D eigenvalue weighted by atomic mass is 16.3. The molecule has 5 aliphatic heterocycles. The summed E-state index contributed by atoms with van der Waals surface area (Å²) in [5.74, 6) is 1.14. The van der Waals surface area contributed by atoms with E-state index in [4.69, 9.17) is 0 Å². The molecule has 4 heteroatoms. The number of likely N-dealkylation sites (N-methyl/N-ethyl adjacent to an activating group) is 1. The van der Waals surface area contributed by atoms with Crippen molar-refractivity contribution >= 4 is 5.69 Å². The van der Waals surface area contributed by atoms with Crippen LogP contribution in [0.1, 0.15) is 31.7 Å². The third-order valence-electron chi connectivity index (χ3n) is 8.46. The molecule has 10 atom stereocenters. The Balaban J connectivity index is 1.60. The predicted molar refractivity (Wildman–Crippen MR) is 91.7 cm³/mol. The highest BCUT2D eigenvalue weighted by Crippen LogP contribution is 2.68. The standard InChI is InChI=1S/C20H26N2O2/c1-3-10-11-8-14-17-20(12-6-4-5-7-13(12)21(17)2)9-15(16(11)18(20)23)22(14)19(10)24/h4-7,10-11,14-19,23-24H,3,8-9H2,1-2H3/t10-,11-,14+,15+,16-,17+,18+,19-,20+/m1/s1. The lowest BCUT2D eigenvalue weighted by Crippen LogP contribution is -2.72. The van der Waals surface area contributed by atoms with Crippen LogP contribution < -0.4 is 4.90 Å². The molecule has 1 aromatic carbocycles. The highest BCUT2D eigenvalue weighted by Gasteiger charge is 2.76. The second-order valence-corrected chi connectivity index (χ2v) is 8.81. The molecule has 128 valence electrons. The molecule has 0 radical (unpaired) electrons. The molecule has 5 fully saturated rings. The molecule has 1 aliphatic carbocycles. The van der Waals surface area contributed by atoms with Gasteiger partial charge in [-0.25, -0.2) is 0 Å². The maximum Gasteiger partial charge on any atom is 0.111 e. The number of nitrogens with zero attached hydrogens (tertiary/aromatic N) is 2. The minimum absolute atomic E-state index is 0.126. The van der Waals surface area contributed by atoms with Crippen molar-refractivity contribution in [1.82, 2.24) is 4.90 Å². The zero-order chi connectivity index (χ0) is 16.4. The van der Waals surface area contributed by atoms with Crippen molar-refractivity contribution in [3.8, 4) is 0 Å². The van der Waals surface area contributed by atoms with E-state index in [1.807, 2.05) is 0 Å². The van der Waals surface area contributed by atoms with Crippen LogP contribution in [-0.4, -0.2) is 52.6 Å². The van der Waals surface area contributed by atoms with Gasteiger partial charge in [0, 0.05) is 42.1 Å². The summed E-state index contributed by atoms with van der Waals surface area (Å²) in [5, 5.41) is 22.6. The molecule has 1 aromatic rings. The van der Waals surface area contributed by atoms with Crippen molar-refractivity contribution < 1.29 is 10.2 Å². The van der Waals surface area contributed by atoms with Gasteiger partial charge in [0.1, 0.15) is 6.23 Å². The Kier molecular flexibility index (Phi) is 2.45. The van der Waals surface area contributed by atoms with Crippen LogP contribution in [0.4, 0.5) is 5.69 Å². The summed E-state index contributed by atoms with van der Waals surface area (Å²) < 4.78 is 0. The van der Waals surface area contributed by atoms with Crippen LogP contribution in [0.5, 0.6) is 0 Å². The first-order valence-electron chi connectivity index (χ1n) is 9.57. The van der Waals surface area contributed by atoms with Gasteiger partial charge < -0.3 is 15.1 Å². The zero-order valence-corrected chi connectivity index (χ0v) is 14.3. The minimum Gasteiger partial charge on any atom is -0.392 e. The topological polar surface area (TPSA) is 46.9 Å². The third kappa shape index (κ3) is 1.20. The van der Waals surface area contributed by atoms with E-state index in [1.54, 1.807) is 0 Å². The number of aliphatic hydroxyl groups is 2. The number of aliphatic hydroxyl groups excluding tert-OH is 2. The summed E-state index contributed by atoms with van der Waals surface area (Å²) in [6.07, 6.45) is 2.56. The summed E-state index contributed by atoms with van der Waals surface area (Å²) in [6.45, 7) is 2.19. The number of fused-ring (bicyclic) bond motifs is 2. The Bertz CT molecular complexity index is 723. The maximum absolute atomic E-state index is 11.6. The van der Waals surface area contributed by atoms with Gasteiger partial charge >= 0.3 is 0 Å². The molecule has 0 amide bonds. The lowest BCUT2D eigenvalue weighted by molar-refractivity contribution is -0.211. The fraction of sp³-hybridized carbons (Fsp3) is 0.700. The predicted octanol–water partition coefficient (Wildman–Crippen LogP) is 1.55. The number of anilines is 1. The lowest BCUT2D eigenvalue weighted by Gasteiger charge is -2.62. The Morgan fingerprint density at radius 1 is 1.21 bits per heavy atom. The fourth-order valence-electron chi connectivity index (χ4n) is 7.88. The Hall–Kier alpha value is -1.10. The molecule has 24 heavy (non-hydrogen) atoms. The van der Waals surface area contributed by atoms with E-state index >= 15 is 0 Å². The van der Waals surface area contributed by atoms with Gasteiger partial charge in [-0.1, -0.05) is 25.1 Å². The molecule has 1 saturated carbocycles. The lowest BCUT2D eigenvalue weighted by atomic mass is 9.62. The molecule has 5 bridgehead atoms. The molecule has 0 aromatic heterocycles. The van der Waals surface area contributed by atoms with Crippen molar-refractivity contribution in [2.45, 2.75) is 62.1 Å². The molecule has 2 N–H and O–H groups in total. The van der Waals surface area contributed by atoms with Crippen LogP contribution in [-0.2, 0) is 5.41 Å². The van der Waals surface area contributed by atoms with Crippen molar-refractivity contribution in [3.05, 3.63) is 29.8 Å². The van der Waals surface area contributed by atoms with Crippen LogP contribution in [0.3, 0.4) is 0 Å². The quantitative estimate of drug-likeness (QED) is 0.822. The second-order valence-electron chi connectivity index (χ2n) is 8.81. The first-order valence-corrected chi connectivity index (χ1v) is 9.57. The smallest absolute Gasteiger partial charge is 0.111 e.